The molecule has 142 valence electrons. The average Bonchev–Trinajstić information content (AvgIpc) is 2.60. The van der Waals surface area contributed by atoms with E-state index >= 15 is 0 Å². The third-order valence-electron chi connectivity index (χ3n) is 3.73. The summed E-state index contributed by atoms with van der Waals surface area (Å²) in [4.78, 5) is 24.5. The molecule has 0 fully saturated rings. The Balaban J connectivity index is 1.94. The van der Waals surface area contributed by atoms with Gasteiger partial charge in [0.2, 0.25) is 11.8 Å². The molecule has 0 aliphatic carbocycles. The summed E-state index contributed by atoms with van der Waals surface area (Å²) in [6.07, 6.45) is -1.36. The molecule has 0 radical (unpaired) electrons. The van der Waals surface area contributed by atoms with Gasteiger partial charge in [-0.25, -0.2) is 0 Å². The Morgan fingerprint density at radius 3 is 2.15 bits per heavy atom. The van der Waals surface area contributed by atoms with Gasteiger partial charge in [-0.3, -0.25) is 9.59 Å². The molecule has 4 nitrogen and oxygen atoms in total. The summed E-state index contributed by atoms with van der Waals surface area (Å²) in [7, 11) is 1.57. The molecule has 2 amide bonds. The molecule has 0 saturated heterocycles. The number of likely N-dealkylation sites (N-methyl/N-ethyl adjacent to an activating group) is 1. The summed E-state index contributed by atoms with van der Waals surface area (Å²) in [5.74, 6) is -0.445. The molecule has 2 aromatic carbocycles. The zero-order chi connectivity index (χ0) is 20.0. The molecule has 0 unspecified atom stereocenters. The van der Waals surface area contributed by atoms with Gasteiger partial charge in [0, 0.05) is 32.3 Å². The number of alkyl halides is 3. The first-order chi connectivity index (χ1) is 12.6. The molecule has 0 saturated carbocycles. The van der Waals surface area contributed by atoms with Crippen LogP contribution in [0.3, 0.4) is 0 Å². The van der Waals surface area contributed by atoms with E-state index < -0.39 is 11.7 Å². The van der Waals surface area contributed by atoms with Gasteiger partial charge in [-0.05, 0) is 41.5 Å². The second-order valence-corrected chi connectivity index (χ2v) is 6.03. The molecule has 2 aromatic rings. The number of hydrogen-bond acceptors (Lipinski definition) is 2. The standard InChI is InChI=1S/C20H19F3N2O2/c1-14(26)24-18-10-5-15(6-11-18)7-12-19(27)25(2)13-16-3-8-17(9-4-16)20(21,22)23/h3-12H,13H2,1-2H3,(H,24,26)/b12-7+. The van der Waals surface area contributed by atoms with E-state index in [9.17, 15) is 22.8 Å². The molecular weight excluding hydrogens is 357 g/mol. The zero-order valence-electron chi connectivity index (χ0n) is 14.9. The van der Waals surface area contributed by atoms with Crippen molar-refractivity contribution in [1.82, 2.24) is 4.90 Å². The third-order valence-corrected chi connectivity index (χ3v) is 3.73. The second kappa shape index (κ2) is 8.53. The SMILES string of the molecule is CC(=O)Nc1ccc(/C=C/C(=O)N(C)Cc2ccc(C(F)(F)F)cc2)cc1. The van der Waals surface area contributed by atoms with Crippen LogP contribution < -0.4 is 5.32 Å². The maximum atomic E-state index is 12.6. The Morgan fingerprint density at radius 2 is 1.63 bits per heavy atom. The van der Waals surface area contributed by atoms with Crippen LogP contribution in [0.4, 0.5) is 18.9 Å². The predicted molar refractivity (Wildman–Crippen MR) is 97.7 cm³/mol. The summed E-state index contributed by atoms with van der Waals surface area (Å²) in [6.45, 7) is 1.61. The summed E-state index contributed by atoms with van der Waals surface area (Å²) in [5, 5.41) is 2.65. The first kappa shape index (κ1) is 20.2. The molecule has 2 rings (SSSR count). The van der Waals surface area contributed by atoms with Crippen LogP contribution in [0.2, 0.25) is 0 Å². The Morgan fingerprint density at radius 1 is 1.04 bits per heavy atom. The van der Waals surface area contributed by atoms with Crippen molar-refractivity contribution in [1.29, 1.82) is 0 Å². The minimum atomic E-state index is -4.38. The molecule has 0 aromatic heterocycles. The average molecular weight is 376 g/mol. The number of nitrogens with one attached hydrogen (secondary N) is 1. The fourth-order valence-corrected chi connectivity index (χ4v) is 2.33. The summed E-state index contributed by atoms with van der Waals surface area (Å²) >= 11 is 0. The largest absolute Gasteiger partial charge is 0.416 e. The predicted octanol–water partition coefficient (Wildman–Crippen LogP) is 4.34. The fraction of sp³-hybridized carbons (Fsp3) is 0.200. The van der Waals surface area contributed by atoms with Gasteiger partial charge in [0.1, 0.15) is 0 Å². The van der Waals surface area contributed by atoms with Gasteiger partial charge in [0.25, 0.3) is 0 Å². The first-order valence-electron chi connectivity index (χ1n) is 8.12. The third kappa shape index (κ3) is 6.29. The van der Waals surface area contributed by atoms with E-state index in [1.165, 1.54) is 30.0 Å². The van der Waals surface area contributed by atoms with Gasteiger partial charge in [0.05, 0.1) is 5.56 Å². The van der Waals surface area contributed by atoms with Crippen LogP contribution >= 0.6 is 0 Å². The van der Waals surface area contributed by atoms with Crippen LogP contribution in [0, 0.1) is 0 Å². The van der Waals surface area contributed by atoms with Gasteiger partial charge in [-0.1, -0.05) is 24.3 Å². The van der Waals surface area contributed by atoms with E-state index in [0.29, 0.717) is 11.3 Å². The van der Waals surface area contributed by atoms with E-state index in [0.717, 1.165) is 17.7 Å². The number of nitrogens with zero attached hydrogens (tertiary/aromatic N) is 1. The summed E-state index contributed by atoms with van der Waals surface area (Å²) in [6, 6.07) is 11.7. The van der Waals surface area contributed by atoms with Crippen molar-refractivity contribution in [2.75, 3.05) is 12.4 Å². The number of halogens is 3. The van der Waals surface area contributed by atoms with Gasteiger partial charge >= 0.3 is 6.18 Å². The van der Waals surface area contributed by atoms with Crippen molar-refractivity contribution in [2.45, 2.75) is 19.6 Å². The van der Waals surface area contributed by atoms with E-state index in [1.54, 1.807) is 37.4 Å². The number of amides is 2. The molecule has 0 atom stereocenters. The van der Waals surface area contributed by atoms with Crippen LogP contribution in [0.25, 0.3) is 6.08 Å². The Bertz CT molecular complexity index is 826. The molecule has 1 N–H and O–H groups in total. The lowest BCUT2D eigenvalue weighted by molar-refractivity contribution is -0.137. The number of benzene rings is 2. The van der Waals surface area contributed by atoms with Crippen LogP contribution in [0.1, 0.15) is 23.6 Å². The van der Waals surface area contributed by atoms with Crippen molar-refractivity contribution >= 4 is 23.6 Å². The quantitative estimate of drug-likeness (QED) is 0.790. The monoisotopic (exact) mass is 376 g/mol. The maximum Gasteiger partial charge on any atom is 0.416 e. The Kier molecular flexibility index (Phi) is 6.39. The van der Waals surface area contributed by atoms with E-state index in [1.807, 2.05) is 0 Å². The maximum absolute atomic E-state index is 12.6. The van der Waals surface area contributed by atoms with Crippen LogP contribution in [0.5, 0.6) is 0 Å². The van der Waals surface area contributed by atoms with Gasteiger partial charge in [-0.2, -0.15) is 13.2 Å². The highest BCUT2D eigenvalue weighted by molar-refractivity contribution is 5.92. The number of anilines is 1. The number of rotatable bonds is 5. The van der Waals surface area contributed by atoms with Gasteiger partial charge in [0.15, 0.2) is 0 Å². The number of hydrogen-bond donors (Lipinski definition) is 1. The minimum absolute atomic E-state index is 0.168. The summed E-state index contributed by atoms with van der Waals surface area (Å²) in [5.41, 5.74) is 1.32. The Hall–Kier alpha value is -3.09. The summed E-state index contributed by atoms with van der Waals surface area (Å²) < 4.78 is 37.7. The van der Waals surface area contributed by atoms with Crippen LogP contribution in [-0.4, -0.2) is 23.8 Å². The smallest absolute Gasteiger partial charge is 0.338 e. The number of carbonyl (C=O) groups excluding carboxylic acids is 2. The molecule has 0 aliphatic rings. The van der Waals surface area contributed by atoms with Crippen LogP contribution in [0.15, 0.2) is 54.6 Å². The molecule has 27 heavy (non-hydrogen) atoms. The van der Waals surface area contributed by atoms with Crippen LogP contribution in [-0.2, 0) is 22.3 Å². The molecule has 0 aliphatic heterocycles. The molecule has 7 heteroatoms. The molecular formula is C20H19F3N2O2. The topological polar surface area (TPSA) is 49.4 Å². The number of carbonyl (C=O) groups is 2. The highest BCUT2D eigenvalue weighted by atomic mass is 19.4. The van der Waals surface area contributed by atoms with Crippen molar-refractivity contribution < 1.29 is 22.8 Å². The van der Waals surface area contributed by atoms with Gasteiger partial charge in [-0.15, -0.1) is 0 Å². The zero-order valence-corrected chi connectivity index (χ0v) is 14.9. The molecule has 0 heterocycles. The molecule has 0 bridgehead atoms. The lowest BCUT2D eigenvalue weighted by Gasteiger charge is -2.16. The lowest BCUT2D eigenvalue weighted by atomic mass is 10.1. The van der Waals surface area contributed by atoms with E-state index in [4.69, 9.17) is 0 Å². The van der Waals surface area contributed by atoms with Crippen molar-refractivity contribution in [3.05, 3.63) is 71.3 Å². The molecule has 0 spiro atoms. The Labute approximate surface area is 155 Å². The minimum Gasteiger partial charge on any atom is -0.338 e. The van der Waals surface area contributed by atoms with E-state index in [-0.39, 0.29) is 18.4 Å². The van der Waals surface area contributed by atoms with Crippen molar-refractivity contribution in [3.8, 4) is 0 Å². The van der Waals surface area contributed by atoms with E-state index in [2.05, 4.69) is 5.32 Å². The fourth-order valence-electron chi connectivity index (χ4n) is 2.33. The highest BCUT2D eigenvalue weighted by Crippen LogP contribution is 2.29. The first-order valence-corrected chi connectivity index (χ1v) is 8.12. The normalized spacial score (nSPS) is 11.4. The van der Waals surface area contributed by atoms with Gasteiger partial charge < -0.3 is 10.2 Å². The van der Waals surface area contributed by atoms with Crippen molar-refractivity contribution in [3.63, 3.8) is 0 Å². The lowest BCUT2D eigenvalue weighted by Crippen LogP contribution is -2.24. The second-order valence-electron chi connectivity index (χ2n) is 6.03. The highest BCUT2D eigenvalue weighted by Gasteiger charge is 2.29. The van der Waals surface area contributed by atoms with Crippen molar-refractivity contribution in [2.24, 2.45) is 0 Å².